The zero-order chi connectivity index (χ0) is 15.4. The first-order valence-corrected chi connectivity index (χ1v) is 8.77. The van der Waals surface area contributed by atoms with Crippen molar-refractivity contribution in [1.82, 2.24) is 10.2 Å². The second-order valence-corrected chi connectivity index (χ2v) is 6.68. The van der Waals surface area contributed by atoms with E-state index >= 15 is 0 Å². The Balaban J connectivity index is 1.60. The monoisotopic (exact) mass is 318 g/mol. The number of hydrogen-bond donors (Lipinski definition) is 2. The molecule has 1 aromatic heterocycles. The molecule has 0 saturated carbocycles. The third-order valence-electron chi connectivity index (χ3n) is 4.33. The molecule has 1 amide bonds. The maximum Gasteiger partial charge on any atom is 0.252 e. The first kappa shape index (κ1) is 15.5. The van der Waals surface area contributed by atoms with Gasteiger partial charge in [-0.25, -0.2) is 0 Å². The Bertz CT molecular complexity index is 640. The summed E-state index contributed by atoms with van der Waals surface area (Å²) >= 11 is 1.61. The molecule has 0 aliphatic carbocycles. The summed E-state index contributed by atoms with van der Waals surface area (Å²) in [5.74, 6) is 0.0199. The maximum atomic E-state index is 12.4. The molecule has 4 nitrogen and oxygen atoms in total. The van der Waals surface area contributed by atoms with Gasteiger partial charge in [-0.2, -0.15) is 0 Å². The summed E-state index contributed by atoms with van der Waals surface area (Å²) in [6.07, 6.45) is 3.10. The van der Waals surface area contributed by atoms with Crippen LogP contribution in [0.2, 0.25) is 0 Å². The molecule has 1 aromatic carbocycles. The smallest absolute Gasteiger partial charge is 0.252 e. The third kappa shape index (κ3) is 3.32. The minimum absolute atomic E-state index is 0.0199. The van der Waals surface area contributed by atoms with E-state index in [0.29, 0.717) is 12.6 Å². The van der Waals surface area contributed by atoms with E-state index in [1.165, 1.54) is 6.42 Å². The van der Waals surface area contributed by atoms with Gasteiger partial charge in [-0.3, -0.25) is 9.69 Å². The van der Waals surface area contributed by atoms with Gasteiger partial charge in [0.1, 0.15) is 0 Å². The molecule has 22 heavy (non-hydrogen) atoms. The van der Waals surface area contributed by atoms with Crippen LogP contribution in [-0.4, -0.2) is 48.2 Å². The van der Waals surface area contributed by atoms with Crippen molar-refractivity contribution in [2.75, 3.05) is 26.2 Å². The number of likely N-dealkylation sites (tertiary alicyclic amines) is 1. The van der Waals surface area contributed by atoms with Crippen molar-refractivity contribution in [2.45, 2.75) is 25.3 Å². The zero-order valence-corrected chi connectivity index (χ0v) is 13.4. The number of hydrogen-bond acceptors (Lipinski definition) is 4. The van der Waals surface area contributed by atoms with Gasteiger partial charge in [0.05, 0.1) is 5.56 Å². The fourth-order valence-corrected chi connectivity index (χ4v) is 4.09. The van der Waals surface area contributed by atoms with E-state index in [4.69, 9.17) is 5.11 Å². The Morgan fingerprint density at radius 2 is 2.27 bits per heavy atom. The normalized spacial score (nSPS) is 18.9. The van der Waals surface area contributed by atoms with E-state index < -0.39 is 0 Å². The van der Waals surface area contributed by atoms with Crippen LogP contribution in [0, 0.1) is 0 Å². The minimum Gasteiger partial charge on any atom is -0.396 e. The van der Waals surface area contributed by atoms with Gasteiger partial charge in [-0.05, 0) is 31.9 Å². The molecular formula is C17H22N2O2S. The van der Waals surface area contributed by atoms with Crippen LogP contribution in [-0.2, 0) is 0 Å². The van der Waals surface area contributed by atoms with Crippen LogP contribution < -0.4 is 5.32 Å². The fraction of sp³-hybridized carbons (Fsp3) is 0.471. The molecule has 3 rings (SSSR count). The summed E-state index contributed by atoms with van der Waals surface area (Å²) in [7, 11) is 0. The lowest BCUT2D eigenvalue weighted by Crippen LogP contribution is -2.40. The Hall–Kier alpha value is -1.43. The van der Waals surface area contributed by atoms with Gasteiger partial charge in [0, 0.05) is 41.2 Å². The number of thiophene rings is 1. The number of aliphatic hydroxyl groups excluding tert-OH is 1. The highest BCUT2D eigenvalue weighted by molar-refractivity contribution is 7.17. The van der Waals surface area contributed by atoms with Crippen LogP contribution in [0.1, 0.15) is 29.6 Å². The summed E-state index contributed by atoms with van der Waals surface area (Å²) in [5.41, 5.74) is 0.778. The van der Waals surface area contributed by atoms with Gasteiger partial charge in [-0.15, -0.1) is 11.3 Å². The first-order chi connectivity index (χ1) is 10.8. The van der Waals surface area contributed by atoms with Crippen molar-refractivity contribution in [1.29, 1.82) is 0 Å². The highest BCUT2D eigenvalue weighted by Crippen LogP contribution is 2.25. The number of aliphatic hydroxyl groups is 1. The number of amides is 1. The number of nitrogens with one attached hydrogen (secondary N) is 1. The zero-order valence-electron chi connectivity index (χ0n) is 12.6. The van der Waals surface area contributed by atoms with Gasteiger partial charge in [0.25, 0.3) is 5.91 Å². The summed E-state index contributed by atoms with van der Waals surface area (Å²) < 4.78 is 1.15. The molecule has 1 aliphatic rings. The Kier molecular flexibility index (Phi) is 5.08. The van der Waals surface area contributed by atoms with Crippen LogP contribution in [0.25, 0.3) is 10.1 Å². The summed E-state index contributed by atoms with van der Waals surface area (Å²) in [6, 6.07) is 8.42. The van der Waals surface area contributed by atoms with Crippen molar-refractivity contribution in [2.24, 2.45) is 0 Å². The molecule has 2 aromatic rings. The number of carbonyl (C=O) groups excluding carboxylic acids is 1. The largest absolute Gasteiger partial charge is 0.396 e. The second kappa shape index (κ2) is 7.22. The molecule has 0 bridgehead atoms. The van der Waals surface area contributed by atoms with Crippen molar-refractivity contribution in [3.05, 3.63) is 35.2 Å². The minimum atomic E-state index is 0.0199. The SMILES string of the molecule is O=C(NC[C@H]1CCCN1CCCO)c1csc2ccccc12. The predicted molar refractivity (Wildman–Crippen MR) is 90.5 cm³/mol. The number of benzene rings is 1. The molecule has 5 heteroatoms. The summed E-state index contributed by atoms with van der Waals surface area (Å²) in [5, 5.41) is 15.0. The highest BCUT2D eigenvalue weighted by Gasteiger charge is 2.24. The van der Waals surface area contributed by atoms with Gasteiger partial charge < -0.3 is 10.4 Å². The van der Waals surface area contributed by atoms with Crippen molar-refractivity contribution < 1.29 is 9.90 Å². The fourth-order valence-electron chi connectivity index (χ4n) is 3.15. The molecule has 1 fully saturated rings. The molecule has 2 N–H and O–H groups in total. The van der Waals surface area contributed by atoms with Crippen LogP contribution in [0.4, 0.5) is 0 Å². The van der Waals surface area contributed by atoms with E-state index in [0.717, 1.165) is 41.6 Å². The molecule has 0 spiro atoms. The molecule has 0 unspecified atom stereocenters. The van der Waals surface area contributed by atoms with Crippen molar-refractivity contribution >= 4 is 27.3 Å². The quantitative estimate of drug-likeness (QED) is 0.860. The molecule has 0 radical (unpaired) electrons. The maximum absolute atomic E-state index is 12.4. The molecule has 1 atom stereocenters. The summed E-state index contributed by atoms with van der Waals surface area (Å²) in [4.78, 5) is 14.8. The van der Waals surface area contributed by atoms with E-state index in [1.54, 1.807) is 11.3 Å². The van der Waals surface area contributed by atoms with Crippen molar-refractivity contribution in [3.63, 3.8) is 0 Å². The highest BCUT2D eigenvalue weighted by atomic mass is 32.1. The topological polar surface area (TPSA) is 52.6 Å². The average Bonchev–Trinajstić information content (AvgIpc) is 3.17. The number of fused-ring (bicyclic) bond motifs is 1. The Morgan fingerprint density at radius 1 is 1.41 bits per heavy atom. The van der Waals surface area contributed by atoms with Gasteiger partial charge in [-0.1, -0.05) is 18.2 Å². The molecule has 2 heterocycles. The van der Waals surface area contributed by atoms with Crippen LogP contribution in [0.15, 0.2) is 29.6 Å². The Labute approximate surface area is 134 Å². The lowest BCUT2D eigenvalue weighted by atomic mass is 10.1. The van der Waals surface area contributed by atoms with Crippen molar-refractivity contribution in [3.8, 4) is 0 Å². The molecular weight excluding hydrogens is 296 g/mol. The van der Waals surface area contributed by atoms with Crippen LogP contribution in [0.3, 0.4) is 0 Å². The van der Waals surface area contributed by atoms with Gasteiger partial charge in [0.2, 0.25) is 0 Å². The standard InChI is InChI=1S/C17H22N2O2S/c20-10-4-9-19-8-3-5-13(19)11-18-17(21)15-12-22-16-7-2-1-6-14(15)16/h1-2,6-7,12-13,20H,3-5,8-11H2,(H,18,21)/t13-/m1/s1. The lowest BCUT2D eigenvalue weighted by Gasteiger charge is -2.24. The van der Waals surface area contributed by atoms with E-state index in [-0.39, 0.29) is 12.5 Å². The van der Waals surface area contributed by atoms with E-state index in [9.17, 15) is 4.79 Å². The number of rotatable bonds is 6. The molecule has 1 aliphatic heterocycles. The first-order valence-electron chi connectivity index (χ1n) is 7.89. The van der Waals surface area contributed by atoms with Gasteiger partial charge in [0.15, 0.2) is 0 Å². The number of nitrogens with zero attached hydrogens (tertiary/aromatic N) is 1. The summed E-state index contributed by atoms with van der Waals surface area (Å²) in [6.45, 7) is 2.91. The predicted octanol–water partition coefficient (Wildman–Crippen LogP) is 2.48. The van der Waals surface area contributed by atoms with E-state index in [2.05, 4.69) is 10.2 Å². The van der Waals surface area contributed by atoms with Gasteiger partial charge >= 0.3 is 0 Å². The Morgan fingerprint density at radius 3 is 3.14 bits per heavy atom. The lowest BCUT2D eigenvalue weighted by molar-refractivity contribution is 0.0941. The number of carbonyl (C=O) groups is 1. The van der Waals surface area contributed by atoms with E-state index in [1.807, 2.05) is 29.6 Å². The third-order valence-corrected chi connectivity index (χ3v) is 5.29. The molecule has 118 valence electrons. The van der Waals surface area contributed by atoms with Crippen LogP contribution in [0.5, 0.6) is 0 Å². The second-order valence-electron chi connectivity index (χ2n) is 5.76. The van der Waals surface area contributed by atoms with Crippen LogP contribution >= 0.6 is 11.3 Å². The average molecular weight is 318 g/mol. The molecule has 1 saturated heterocycles.